The molecule has 0 aromatic carbocycles. The summed E-state index contributed by atoms with van der Waals surface area (Å²) >= 11 is 5.53. The van der Waals surface area contributed by atoms with Gasteiger partial charge in [0.15, 0.2) is 5.65 Å². The van der Waals surface area contributed by atoms with Crippen LogP contribution in [0.1, 0.15) is 0 Å². The molecular weight excluding hydrogens is 321 g/mol. The lowest BCUT2D eigenvalue weighted by Gasteiger charge is -1.87. The standard InChI is InChI=1S/C6H3BrIN3/c7-5-4(8)6-9-2-1-3-11(6)10-5/h1-3H. The molecule has 0 radical (unpaired) electrons. The van der Waals surface area contributed by atoms with Gasteiger partial charge in [0.05, 0.1) is 3.57 Å². The Bertz CT molecular complexity index is 398. The van der Waals surface area contributed by atoms with Gasteiger partial charge in [-0.15, -0.1) is 0 Å². The highest BCUT2D eigenvalue weighted by atomic mass is 127. The maximum atomic E-state index is 4.18. The molecule has 0 fully saturated rings. The van der Waals surface area contributed by atoms with E-state index in [1.54, 1.807) is 10.7 Å². The van der Waals surface area contributed by atoms with Crippen molar-refractivity contribution in [2.45, 2.75) is 0 Å². The normalized spacial score (nSPS) is 10.7. The first-order valence-electron chi connectivity index (χ1n) is 2.93. The minimum Gasteiger partial charge on any atom is -0.236 e. The molecule has 2 heterocycles. The molecule has 3 nitrogen and oxygen atoms in total. The summed E-state index contributed by atoms with van der Waals surface area (Å²) in [4.78, 5) is 4.16. The third kappa shape index (κ3) is 1.16. The molecule has 0 unspecified atom stereocenters. The van der Waals surface area contributed by atoms with Crippen molar-refractivity contribution in [2.24, 2.45) is 0 Å². The molecule has 56 valence electrons. The molecule has 0 amide bonds. The van der Waals surface area contributed by atoms with Crippen molar-refractivity contribution >= 4 is 44.2 Å². The van der Waals surface area contributed by atoms with Crippen molar-refractivity contribution in [3.05, 3.63) is 26.6 Å². The van der Waals surface area contributed by atoms with Crippen LogP contribution in [0.15, 0.2) is 23.1 Å². The molecule has 0 atom stereocenters. The summed E-state index contributed by atoms with van der Waals surface area (Å²) < 4.78 is 3.63. The predicted molar refractivity (Wildman–Crippen MR) is 53.4 cm³/mol. The summed E-state index contributed by atoms with van der Waals surface area (Å²) in [5.74, 6) is 0. The minimum atomic E-state index is 0.844. The Morgan fingerprint density at radius 1 is 1.55 bits per heavy atom. The molecule has 5 heteroatoms. The van der Waals surface area contributed by atoms with Gasteiger partial charge in [0.1, 0.15) is 4.60 Å². The zero-order chi connectivity index (χ0) is 7.84. The largest absolute Gasteiger partial charge is 0.236 e. The topological polar surface area (TPSA) is 30.2 Å². The molecule has 0 spiro atoms. The maximum Gasteiger partial charge on any atom is 0.169 e. The number of aromatic nitrogens is 3. The van der Waals surface area contributed by atoms with Gasteiger partial charge >= 0.3 is 0 Å². The van der Waals surface area contributed by atoms with Crippen molar-refractivity contribution in [1.82, 2.24) is 14.6 Å². The van der Waals surface area contributed by atoms with Crippen molar-refractivity contribution < 1.29 is 0 Å². The Morgan fingerprint density at radius 2 is 2.36 bits per heavy atom. The van der Waals surface area contributed by atoms with Gasteiger partial charge in [-0.1, -0.05) is 0 Å². The highest BCUT2D eigenvalue weighted by Crippen LogP contribution is 2.20. The first kappa shape index (κ1) is 7.48. The molecule has 0 aliphatic heterocycles. The summed E-state index contributed by atoms with van der Waals surface area (Å²) in [6, 6.07) is 1.85. The van der Waals surface area contributed by atoms with E-state index in [9.17, 15) is 0 Å². The summed E-state index contributed by atoms with van der Waals surface area (Å²) in [5, 5.41) is 4.18. The fourth-order valence-electron chi connectivity index (χ4n) is 0.832. The number of hydrogen-bond acceptors (Lipinski definition) is 2. The van der Waals surface area contributed by atoms with E-state index in [-0.39, 0.29) is 0 Å². The number of fused-ring (bicyclic) bond motifs is 1. The van der Waals surface area contributed by atoms with Crippen LogP contribution in [-0.4, -0.2) is 14.6 Å². The van der Waals surface area contributed by atoms with Gasteiger partial charge in [-0.25, -0.2) is 9.50 Å². The van der Waals surface area contributed by atoms with Crippen molar-refractivity contribution in [1.29, 1.82) is 0 Å². The van der Waals surface area contributed by atoms with E-state index in [1.165, 1.54) is 0 Å². The molecule has 0 aliphatic carbocycles. The van der Waals surface area contributed by atoms with Crippen LogP contribution in [-0.2, 0) is 0 Å². The lowest BCUT2D eigenvalue weighted by Crippen LogP contribution is -1.86. The Balaban J connectivity index is 2.92. The zero-order valence-electron chi connectivity index (χ0n) is 5.33. The number of rotatable bonds is 0. The lowest BCUT2D eigenvalue weighted by atomic mass is 10.6. The third-order valence-corrected chi connectivity index (χ3v) is 3.59. The molecular formula is C6H3BrIN3. The van der Waals surface area contributed by atoms with E-state index in [4.69, 9.17) is 0 Å². The van der Waals surface area contributed by atoms with Crippen LogP contribution in [0.4, 0.5) is 0 Å². The first-order chi connectivity index (χ1) is 5.29. The van der Waals surface area contributed by atoms with Crippen molar-refractivity contribution in [3.8, 4) is 0 Å². The van der Waals surface area contributed by atoms with E-state index in [0.717, 1.165) is 13.8 Å². The molecule has 0 saturated carbocycles. The molecule has 0 saturated heterocycles. The Labute approximate surface area is 85.1 Å². The van der Waals surface area contributed by atoms with Gasteiger partial charge in [-0.3, -0.25) is 0 Å². The molecule has 2 aromatic rings. The summed E-state index contributed by atoms with van der Waals surface area (Å²) in [6.45, 7) is 0. The second-order valence-electron chi connectivity index (χ2n) is 1.99. The molecule has 11 heavy (non-hydrogen) atoms. The second-order valence-corrected chi connectivity index (χ2v) is 3.82. The minimum absolute atomic E-state index is 0.844. The van der Waals surface area contributed by atoms with Crippen LogP contribution >= 0.6 is 38.5 Å². The van der Waals surface area contributed by atoms with E-state index >= 15 is 0 Å². The van der Waals surface area contributed by atoms with Gasteiger partial charge in [0.25, 0.3) is 0 Å². The summed E-state index contributed by atoms with van der Waals surface area (Å²) in [5.41, 5.74) is 0.889. The number of nitrogens with zero attached hydrogens (tertiary/aromatic N) is 3. The Kier molecular flexibility index (Phi) is 1.84. The van der Waals surface area contributed by atoms with Gasteiger partial charge in [-0.05, 0) is 44.6 Å². The van der Waals surface area contributed by atoms with E-state index in [0.29, 0.717) is 0 Å². The van der Waals surface area contributed by atoms with E-state index in [1.807, 2.05) is 12.3 Å². The summed E-state index contributed by atoms with van der Waals surface area (Å²) in [7, 11) is 0. The van der Waals surface area contributed by atoms with Crippen molar-refractivity contribution in [2.75, 3.05) is 0 Å². The lowest BCUT2D eigenvalue weighted by molar-refractivity contribution is 0.927. The molecule has 2 rings (SSSR count). The SMILES string of the molecule is Brc1nn2cccnc2c1I. The smallest absolute Gasteiger partial charge is 0.169 e. The van der Waals surface area contributed by atoms with Crippen LogP contribution < -0.4 is 0 Å². The third-order valence-electron chi connectivity index (χ3n) is 1.30. The van der Waals surface area contributed by atoms with E-state index < -0.39 is 0 Å². The number of halogens is 2. The van der Waals surface area contributed by atoms with Crippen LogP contribution in [0, 0.1) is 3.57 Å². The van der Waals surface area contributed by atoms with Gasteiger partial charge in [-0.2, -0.15) is 5.10 Å². The molecule has 0 aliphatic rings. The Hall–Kier alpha value is -0.170. The number of hydrogen-bond donors (Lipinski definition) is 0. The first-order valence-corrected chi connectivity index (χ1v) is 4.80. The predicted octanol–water partition coefficient (Wildman–Crippen LogP) is 2.10. The van der Waals surface area contributed by atoms with Gasteiger partial charge in [0.2, 0.25) is 0 Å². The van der Waals surface area contributed by atoms with Gasteiger partial charge < -0.3 is 0 Å². The molecule has 0 bridgehead atoms. The second kappa shape index (κ2) is 2.71. The monoisotopic (exact) mass is 323 g/mol. The van der Waals surface area contributed by atoms with Crippen molar-refractivity contribution in [3.63, 3.8) is 0 Å². The molecule has 0 N–H and O–H groups in total. The van der Waals surface area contributed by atoms with Crippen LogP contribution in [0.3, 0.4) is 0 Å². The highest BCUT2D eigenvalue weighted by Gasteiger charge is 2.06. The fourth-order valence-corrected chi connectivity index (χ4v) is 1.67. The quantitative estimate of drug-likeness (QED) is 0.695. The maximum absolute atomic E-state index is 4.18. The van der Waals surface area contributed by atoms with Crippen LogP contribution in [0.25, 0.3) is 5.65 Å². The summed E-state index contributed by atoms with van der Waals surface area (Å²) in [6.07, 6.45) is 3.63. The van der Waals surface area contributed by atoms with Crippen LogP contribution in [0.5, 0.6) is 0 Å². The average molecular weight is 324 g/mol. The van der Waals surface area contributed by atoms with E-state index in [2.05, 4.69) is 48.6 Å². The average Bonchev–Trinajstić information content (AvgIpc) is 2.30. The molecule has 2 aromatic heterocycles. The highest BCUT2D eigenvalue weighted by molar-refractivity contribution is 14.1. The van der Waals surface area contributed by atoms with Crippen LogP contribution in [0.2, 0.25) is 0 Å². The Morgan fingerprint density at radius 3 is 3.09 bits per heavy atom. The fraction of sp³-hybridized carbons (Fsp3) is 0. The zero-order valence-corrected chi connectivity index (χ0v) is 9.07. The van der Waals surface area contributed by atoms with Gasteiger partial charge in [0, 0.05) is 12.4 Å².